The minimum atomic E-state index is 0.174. The quantitative estimate of drug-likeness (QED) is 0.673. The average molecular weight is 208 g/mol. The van der Waals surface area contributed by atoms with Crippen LogP contribution in [0.15, 0.2) is 24.3 Å². The van der Waals surface area contributed by atoms with Crippen LogP contribution in [-0.4, -0.2) is 26.1 Å². The van der Waals surface area contributed by atoms with Gasteiger partial charge in [-0.25, -0.2) is 0 Å². The van der Waals surface area contributed by atoms with Crippen molar-refractivity contribution in [2.45, 2.75) is 19.4 Å². The van der Waals surface area contributed by atoms with E-state index in [0.29, 0.717) is 17.9 Å². The minimum Gasteiger partial charge on any atom is -0.493 e. The van der Waals surface area contributed by atoms with E-state index in [1.54, 1.807) is 19.2 Å². The van der Waals surface area contributed by atoms with Gasteiger partial charge in [-0.2, -0.15) is 0 Å². The summed E-state index contributed by atoms with van der Waals surface area (Å²) >= 11 is 0. The zero-order valence-corrected chi connectivity index (χ0v) is 9.10. The van der Waals surface area contributed by atoms with Gasteiger partial charge in [0.1, 0.15) is 5.75 Å². The number of methoxy groups -OCH3 is 1. The second-order valence-corrected chi connectivity index (χ2v) is 3.34. The standard InChI is InChI=1S/C12H16O3/c1-10(14-2)7-8-15-12-6-4-3-5-11(12)9-13/h3-6,9-10H,7-8H2,1-2H3. The van der Waals surface area contributed by atoms with Gasteiger partial charge in [0, 0.05) is 13.5 Å². The van der Waals surface area contributed by atoms with Crippen LogP contribution in [0.5, 0.6) is 5.75 Å². The zero-order chi connectivity index (χ0) is 11.1. The van der Waals surface area contributed by atoms with E-state index >= 15 is 0 Å². The number of rotatable bonds is 6. The molecule has 0 fully saturated rings. The maximum absolute atomic E-state index is 10.7. The Morgan fingerprint density at radius 2 is 2.13 bits per heavy atom. The first kappa shape index (κ1) is 11.7. The zero-order valence-electron chi connectivity index (χ0n) is 9.10. The van der Waals surface area contributed by atoms with Gasteiger partial charge in [-0.1, -0.05) is 12.1 Å². The first-order chi connectivity index (χ1) is 7.27. The Balaban J connectivity index is 2.46. The van der Waals surface area contributed by atoms with Gasteiger partial charge in [-0.05, 0) is 19.1 Å². The first-order valence-corrected chi connectivity index (χ1v) is 4.97. The van der Waals surface area contributed by atoms with Crippen molar-refractivity contribution >= 4 is 6.29 Å². The van der Waals surface area contributed by atoms with E-state index in [1.807, 2.05) is 19.1 Å². The van der Waals surface area contributed by atoms with E-state index < -0.39 is 0 Å². The SMILES string of the molecule is COC(C)CCOc1ccccc1C=O. The molecule has 1 aromatic rings. The summed E-state index contributed by atoms with van der Waals surface area (Å²) in [5.41, 5.74) is 0.586. The van der Waals surface area contributed by atoms with Gasteiger partial charge < -0.3 is 9.47 Å². The Kier molecular flexibility index (Phi) is 4.84. The average Bonchev–Trinajstić information content (AvgIpc) is 2.29. The van der Waals surface area contributed by atoms with Crippen molar-refractivity contribution in [1.29, 1.82) is 0 Å². The molecule has 3 nitrogen and oxygen atoms in total. The molecule has 0 spiro atoms. The summed E-state index contributed by atoms with van der Waals surface area (Å²) in [4.78, 5) is 10.7. The van der Waals surface area contributed by atoms with Gasteiger partial charge >= 0.3 is 0 Å². The highest BCUT2D eigenvalue weighted by atomic mass is 16.5. The van der Waals surface area contributed by atoms with Gasteiger partial charge in [0.15, 0.2) is 6.29 Å². The first-order valence-electron chi connectivity index (χ1n) is 4.97. The molecule has 0 N–H and O–H groups in total. The molecule has 1 atom stereocenters. The van der Waals surface area contributed by atoms with E-state index in [-0.39, 0.29) is 6.10 Å². The summed E-state index contributed by atoms with van der Waals surface area (Å²) in [6.07, 6.45) is 1.78. The van der Waals surface area contributed by atoms with Gasteiger partial charge in [-0.15, -0.1) is 0 Å². The minimum absolute atomic E-state index is 0.174. The molecule has 0 aromatic heterocycles. The van der Waals surface area contributed by atoms with Crippen molar-refractivity contribution in [3.63, 3.8) is 0 Å². The fourth-order valence-electron chi connectivity index (χ4n) is 1.16. The molecule has 1 aromatic carbocycles. The summed E-state index contributed by atoms with van der Waals surface area (Å²) in [6, 6.07) is 7.19. The molecule has 0 aliphatic heterocycles. The van der Waals surface area contributed by atoms with E-state index in [0.717, 1.165) is 12.7 Å². The van der Waals surface area contributed by atoms with Crippen molar-refractivity contribution in [3.8, 4) is 5.75 Å². The molecule has 0 radical (unpaired) electrons. The third kappa shape index (κ3) is 3.72. The number of hydrogen-bond donors (Lipinski definition) is 0. The molecule has 0 saturated carbocycles. The van der Waals surface area contributed by atoms with E-state index in [9.17, 15) is 4.79 Å². The maximum Gasteiger partial charge on any atom is 0.153 e. The number of carbonyl (C=O) groups excluding carboxylic acids is 1. The van der Waals surface area contributed by atoms with Gasteiger partial charge in [-0.3, -0.25) is 4.79 Å². The van der Waals surface area contributed by atoms with Crippen LogP contribution in [0, 0.1) is 0 Å². The molecule has 0 bridgehead atoms. The van der Waals surface area contributed by atoms with Crippen molar-refractivity contribution in [2.24, 2.45) is 0 Å². The Bertz CT molecular complexity index is 309. The van der Waals surface area contributed by atoms with Crippen LogP contribution >= 0.6 is 0 Å². The van der Waals surface area contributed by atoms with Gasteiger partial charge in [0.25, 0.3) is 0 Å². The maximum atomic E-state index is 10.7. The number of aldehydes is 1. The van der Waals surface area contributed by atoms with Crippen LogP contribution in [0.25, 0.3) is 0 Å². The number of hydrogen-bond acceptors (Lipinski definition) is 3. The molecule has 0 heterocycles. The summed E-state index contributed by atoms with van der Waals surface area (Å²) in [5, 5.41) is 0. The smallest absolute Gasteiger partial charge is 0.153 e. The fraction of sp³-hybridized carbons (Fsp3) is 0.417. The van der Waals surface area contributed by atoms with Crippen LogP contribution in [0.4, 0.5) is 0 Å². The molecule has 1 rings (SSSR count). The van der Waals surface area contributed by atoms with Crippen molar-refractivity contribution in [1.82, 2.24) is 0 Å². The lowest BCUT2D eigenvalue weighted by atomic mass is 10.2. The number of ether oxygens (including phenoxy) is 2. The van der Waals surface area contributed by atoms with Crippen molar-refractivity contribution in [2.75, 3.05) is 13.7 Å². The molecule has 3 heteroatoms. The van der Waals surface area contributed by atoms with Gasteiger partial charge in [0.2, 0.25) is 0 Å². The Labute approximate surface area is 90.0 Å². The highest BCUT2D eigenvalue weighted by Crippen LogP contribution is 2.15. The second kappa shape index (κ2) is 6.19. The lowest BCUT2D eigenvalue weighted by Crippen LogP contribution is -2.11. The summed E-state index contributed by atoms with van der Waals surface area (Å²) in [7, 11) is 1.67. The largest absolute Gasteiger partial charge is 0.493 e. The van der Waals surface area contributed by atoms with Crippen LogP contribution in [-0.2, 0) is 4.74 Å². The molecule has 0 aliphatic rings. The van der Waals surface area contributed by atoms with Crippen LogP contribution in [0.2, 0.25) is 0 Å². The molecule has 82 valence electrons. The predicted molar refractivity (Wildman–Crippen MR) is 58.4 cm³/mol. The number of benzene rings is 1. The molecular weight excluding hydrogens is 192 g/mol. The monoisotopic (exact) mass is 208 g/mol. The van der Waals surface area contributed by atoms with Crippen molar-refractivity contribution < 1.29 is 14.3 Å². The molecule has 0 saturated heterocycles. The van der Waals surface area contributed by atoms with Crippen LogP contribution in [0.3, 0.4) is 0 Å². The molecular formula is C12H16O3. The number of para-hydroxylation sites is 1. The Morgan fingerprint density at radius 3 is 2.80 bits per heavy atom. The third-order valence-corrected chi connectivity index (χ3v) is 2.23. The molecule has 0 aliphatic carbocycles. The third-order valence-electron chi connectivity index (χ3n) is 2.23. The topological polar surface area (TPSA) is 35.5 Å². The highest BCUT2D eigenvalue weighted by Gasteiger charge is 2.03. The molecule has 0 amide bonds. The summed E-state index contributed by atoms with van der Waals surface area (Å²) in [5.74, 6) is 0.635. The molecule has 15 heavy (non-hydrogen) atoms. The van der Waals surface area contributed by atoms with Gasteiger partial charge in [0.05, 0.1) is 18.3 Å². The van der Waals surface area contributed by atoms with E-state index in [2.05, 4.69) is 0 Å². The lowest BCUT2D eigenvalue weighted by Gasteiger charge is -2.11. The Morgan fingerprint density at radius 1 is 1.40 bits per heavy atom. The number of carbonyl (C=O) groups is 1. The van der Waals surface area contributed by atoms with E-state index in [4.69, 9.17) is 9.47 Å². The Hall–Kier alpha value is -1.35. The second-order valence-electron chi connectivity index (χ2n) is 3.34. The fourth-order valence-corrected chi connectivity index (χ4v) is 1.16. The van der Waals surface area contributed by atoms with Crippen LogP contribution < -0.4 is 4.74 Å². The summed E-state index contributed by atoms with van der Waals surface area (Å²) in [6.45, 7) is 2.54. The highest BCUT2D eigenvalue weighted by molar-refractivity contribution is 5.79. The van der Waals surface area contributed by atoms with Crippen molar-refractivity contribution in [3.05, 3.63) is 29.8 Å². The van der Waals surface area contributed by atoms with E-state index in [1.165, 1.54) is 0 Å². The predicted octanol–water partition coefficient (Wildman–Crippen LogP) is 2.30. The molecule has 1 unspecified atom stereocenters. The lowest BCUT2D eigenvalue weighted by molar-refractivity contribution is 0.0952. The summed E-state index contributed by atoms with van der Waals surface area (Å²) < 4.78 is 10.6. The normalized spacial score (nSPS) is 12.1. The van der Waals surface area contributed by atoms with Crippen LogP contribution in [0.1, 0.15) is 23.7 Å².